The molecule has 126 valence electrons. The van der Waals surface area contributed by atoms with E-state index in [-0.39, 0.29) is 17.4 Å². The second kappa shape index (κ2) is 5.49. The third kappa shape index (κ3) is 2.30. The minimum atomic E-state index is -0.266. The van der Waals surface area contributed by atoms with Crippen LogP contribution in [0, 0.1) is 5.82 Å². The summed E-state index contributed by atoms with van der Waals surface area (Å²) >= 11 is 0. The Hall–Kier alpha value is -2.53. The first kappa shape index (κ1) is 14.8. The van der Waals surface area contributed by atoms with E-state index >= 15 is 0 Å². The van der Waals surface area contributed by atoms with Gasteiger partial charge in [0.15, 0.2) is 0 Å². The van der Waals surface area contributed by atoms with Crippen LogP contribution in [-0.2, 0) is 6.54 Å². The van der Waals surface area contributed by atoms with E-state index in [0.29, 0.717) is 17.4 Å². The molecule has 5 heteroatoms. The molecular formula is C20H18FN3O. The van der Waals surface area contributed by atoms with E-state index in [2.05, 4.69) is 4.90 Å². The highest BCUT2D eigenvalue weighted by molar-refractivity contribution is 5.83. The van der Waals surface area contributed by atoms with E-state index in [1.165, 1.54) is 12.1 Å². The zero-order valence-corrected chi connectivity index (χ0v) is 13.8. The molecule has 0 N–H and O–H groups in total. The van der Waals surface area contributed by atoms with E-state index in [9.17, 15) is 9.18 Å². The van der Waals surface area contributed by atoms with Gasteiger partial charge in [-0.2, -0.15) is 0 Å². The Labute approximate surface area is 144 Å². The summed E-state index contributed by atoms with van der Waals surface area (Å²) in [6.45, 7) is 2.72. The average molecular weight is 335 g/mol. The molecule has 2 aliphatic rings. The molecule has 5 rings (SSSR count). The van der Waals surface area contributed by atoms with Crippen LogP contribution < -0.4 is 5.56 Å². The molecule has 0 spiro atoms. The third-order valence-electron chi connectivity index (χ3n) is 5.42. The minimum absolute atomic E-state index is 0.0392. The number of halogens is 1. The summed E-state index contributed by atoms with van der Waals surface area (Å²) in [5, 5.41) is 0.635. The zero-order chi connectivity index (χ0) is 17.0. The lowest BCUT2D eigenvalue weighted by atomic mass is 10.0. The van der Waals surface area contributed by atoms with Crippen LogP contribution in [-0.4, -0.2) is 27.5 Å². The summed E-state index contributed by atoms with van der Waals surface area (Å²) < 4.78 is 15.4. The highest BCUT2D eigenvalue weighted by Crippen LogP contribution is 2.33. The Morgan fingerprint density at radius 2 is 1.92 bits per heavy atom. The van der Waals surface area contributed by atoms with E-state index < -0.39 is 0 Å². The van der Waals surface area contributed by atoms with Crippen LogP contribution in [0.15, 0.2) is 47.3 Å². The molecule has 0 aliphatic carbocycles. The van der Waals surface area contributed by atoms with Crippen LogP contribution in [0.3, 0.4) is 0 Å². The molecule has 0 bridgehead atoms. The number of benzene rings is 2. The molecule has 2 aliphatic heterocycles. The summed E-state index contributed by atoms with van der Waals surface area (Å²) in [5.74, 6) is 0.621. The van der Waals surface area contributed by atoms with E-state index in [0.717, 1.165) is 42.9 Å². The van der Waals surface area contributed by atoms with Gasteiger partial charge in [-0.1, -0.05) is 18.2 Å². The number of hydrogen-bond acceptors (Lipinski definition) is 3. The van der Waals surface area contributed by atoms with Gasteiger partial charge >= 0.3 is 0 Å². The van der Waals surface area contributed by atoms with Crippen LogP contribution in [0.4, 0.5) is 4.39 Å². The van der Waals surface area contributed by atoms with Gasteiger partial charge in [0.25, 0.3) is 5.56 Å². The number of nitrogens with zero attached hydrogens (tertiary/aromatic N) is 3. The summed E-state index contributed by atoms with van der Waals surface area (Å²) in [7, 11) is 0. The summed E-state index contributed by atoms with van der Waals surface area (Å²) in [5.41, 5.74) is 2.41. The maximum absolute atomic E-state index is 13.5. The molecule has 3 aromatic rings. The van der Waals surface area contributed by atoms with Crippen LogP contribution in [0.1, 0.15) is 24.7 Å². The molecule has 4 nitrogen and oxygen atoms in total. The van der Waals surface area contributed by atoms with Crippen molar-refractivity contribution in [1.29, 1.82) is 0 Å². The summed E-state index contributed by atoms with van der Waals surface area (Å²) in [4.78, 5) is 20.2. The fourth-order valence-electron chi connectivity index (χ4n) is 4.17. The Morgan fingerprint density at radius 3 is 2.80 bits per heavy atom. The third-order valence-corrected chi connectivity index (χ3v) is 5.42. The van der Waals surface area contributed by atoms with Crippen molar-refractivity contribution in [1.82, 2.24) is 14.5 Å². The topological polar surface area (TPSA) is 38.1 Å². The molecule has 25 heavy (non-hydrogen) atoms. The predicted octanol–water partition coefficient (Wildman–Crippen LogP) is 3.35. The Balaban J connectivity index is 1.71. The molecule has 0 saturated carbocycles. The Morgan fingerprint density at radius 1 is 1.04 bits per heavy atom. The highest BCUT2D eigenvalue weighted by Gasteiger charge is 2.33. The largest absolute Gasteiger partial charge is 0.293 e. The van der Waals surface area contributed by atoms with Crippen LogP contribution >= 0.6 is 0 Å². The van der Waals surface area contributed by atoms with Crippen molar-refractivity contribution < 1.29 is 4.39 Å². The lowest BCUT2D eigenvalue weighted by Gasteiger charge is -2.31. The number of rotatable bonds is 1. The van der Waals surface area contributed by atoms with Gasteiger partial charge in [-0.15, -0.1) is 0 Å². The van der Waals surface area contributed by atoms with Crippen LogP contribution in [0.25, 0.3) is 22.0 Å². The smallest absolute Gasteiger partial charge is 0.261 e. The van der Waals surface area contributed by atoms with Gasteiger partial charge in [-0.05, 0) is 54.8 Å². The molecule has 1 saturated heterocycles. The van der Waals surface area contributed by atoms with Crippen molar-refractivity contribution in [2.24, 2.45) is 0 Å². The first-order valence-electron chi connectivity index (χ1n) is 8.75. The molecule has 0 amide bonds. The maximum Gasteiger partial charge on any atom is 0.261 e. The molecular weight excluding hydrogens is 317 g/mol. The van der Waals surface area contributed by atoms with Crippen molar-refractivity contribution in [2.75, 3.05) is 13.1 Å². The van der Waals surface area contributed by atoms with E-state index in [1.807, 2.05) is 28.8 Å². The van der Waals surface area contributed by atoms with Crippen molar-refractivity contribution in [3.8, 4) is 11.1 Å². The second-order valence-electron chi connectivity index (χ2n) is 6.86. The summed E-state index contributed by atoms with van der Waals surface area (Å²) in [6, 6.07) is 12.3. The first-order valence-corrected chi connectivity index (χ1v) is 8.75. The standard InChI is InChI=1S/C20H18FN3O/c21-15-4-1-3-13(11-15)14-6-7-16-17(12-14)22-19-18-5-2-8-23(18)9-10-24(19)20(16)25/h1,3-4,6-7,11-12,18H,2,5,8-10H2. The molecule has 3 heterocycles. The quantitative estimate of drug-likeness (QED) is 0.684. The van der Waals surface area contributed by atoms with Crippen LogP contribution in [0.5, 0.6) is 0 Å². The fraction of sp³-hybridized carbons (Fsp3) is 0.300. The van der Waals surface area contributed by atoms with Gasteiger partial charge in [-0.25, -0.2) is 9.37 Å². The predicted molar refractivity (Wildman–Crippen MR) is 94.9 cm³/mol. The minimum Gasteiger partial charge on any atom is -0.293 e. The molecule has 1 atom stereocenters. The fourth-order valence-corrected chi connectivity index (χ4v) is 4.17. The molecule has 2 aromatic carbocycles. The monoisotopic (exact) mass is 335 g/mol. The van der Waals surface area contributed by atoms with Gasteiger partial charge in [0.05, 0.1) is 16.9 Å². The highest BCUT2D eigenvalue weighted by atomic mass is 19.1. The Bertz CT molecular complexity index is 1040. The summed E-state index contributed by atoms with van der Waals surface area (Å²) in [6.07, 6.45) is 2.21. The number of hydrogen-bond donors (Lipinski definition) is 0. The number of aromatic nitrogens is 2. The van der Waals surface area contributed by atoms with Gasteiger partial charge in [0, 0.05) is 13.1 Å². The lowest BCUT2D eigenvalue weighted by Crippen LogP contribution is -2.40. The first-order chi connectivity index (χ1) is 12.2. The van der Waals surface area contributed by atoms with Crippen molar-refractivity contribution in [3.63, 3.8) is 0 Å². The zero-order valence-electron chi connectivity index (χ0n) is 13.8. The van der Waals surface area contributed by atoms with Crippen molar-refractivity contribution in [3.05, 3.63) is 64.5 Å². The lowest BCUT2D eigenvalue weighted by molar-refractivity contribution is 0.198. The van der Waals surface area contributed by atoms with Gasteiger partial charge in [0.1, 0.15) is 11.6 Å². The molecule has 0 radical (unpaired) electrons. The molecule has 1 unspecified atom stereocenters. The normalized spacial score (nSPS) is 19.8. The van der Waals surface area contributed by atoms with Gasteiger partial charge in [-0.3, -0.25) is 14.3 Å². The maximum atomic E-state index is 13.5. The van der Waals surface area contributed by atoms with Gasteiger partial charge < -0.3 is 0 Å². The van der Waals surface area contributed by atoms with E-state index in [1.54, 1.807) is 6.07 Å². The average Bonchev–Trinajstić information content (AvgIpc) is 3.11. The molecule has 1 aromatic heterocycles. The SMILES string of the molecule is O=c1c2ccc(-c3cccc(F)c3)cc2nc2n1CCN1CCCC21. The van der Waals surface area contributed by atoms with Crippen molar-refractivity contribution in [2.45, 2.75) is 25.4 Å². The molecule has 1 fully saturated rings. The Kier molecular flexibility index (Phi) is 3.25. The number of fused-ring (bicyclic) bond motifs is 4. The van der Waals surface area contributed by atoms with Crippen molar-refractivity contribution >= 4 is 10.9 Å². The second-order valence-corrected chi connectivity index (χ2v) is 6.86. The van der Waals surface area contributed by atoms with Gasteiger partial charge in [0.2, 0.25) is 0 Å². The van der Waals surface area contributed by atoms with E-state index in [4.69, 9.17) is 4.98 Å². The van der Waals surface area contributed by atoms with Crippen LogP contribution in [0.2, 0.25) is 0 Å².